The summed E-state index contributed by atoms with van der Waals surface area (Å²) in [6, 6.07) is 7.66. The molecule has 5 rings (SSSR count). The molecular formula is C20H27N3O2. The third kappa shape index (κ3) is 2.70. The first-order valence-corrected chi connectivity index (χ1v) is 9.21. The van der Waals surface area contributed by atoms with Gasteiger partial charge in [0.2, 0.25) is 5.91 Å². The highest BCUT2D eigenvalue weighted by atomic mass is 16.2. The number of hydrogen-bond donors (Lipinski definition) is 2. The molecule has 5 heteroatoms. The molecule has 4 bridgehead atoms. The molecule has 1 aromatic rings. The van der Waals surface area contributed by atoms with E-state index in [-0.39, 0.29) is 17.4 Å². The zero-order chi connectivity index (χ0) is 17.8. The fraction of sp³-hybridized carbons (Fsp3) is 0.600. The molecule has 0 spiro atoms. The fourth-order valence-corrected chi connectivity index (χ4v) is 5.92. The molecule has 0 aromatic heterocycles. The van der Waals surface area contributed by atoms with Crippen LogP contribution in [0.2, 0.25) is 0 Å². The predicted octanol–water partition coefficient (Wildman–Crippen LogP) is 2.31. The van der Waals surface area contributed by atoms with Crippen LogP contribution >= 0.6 is 0 Å². The van der Waals surface area contributed by atoms with Crippen LogP contribution in [0.25, 0.3) is 0 Å². The maximum atomic E-state index is 12.8. The molecule has 25 heavy (non-hydrogen) atoms. The van der Waals surface area contributed by atoms with Crippen molar-refractivity contribution in [2.75, 3.05) is 19.0 Å². The average Bonchev–Trinajstić information content (AvgIpc) is 2.53. The minimum Gasteiger partial charge on any atom is -0.378 e. The van der Waals surface area contributed by atoms with Crippen LogP contribution in [-0.4, -0.2) is 31.4 Å². The van der Waals surface area contributed by atoms with Gasteiger partial charge in [0.25, 0.3) is 5.91 Å². The van der Waals surface area contributed by atoms with Gasteiger partial charge >= 0.3 is 0 Å². The normalized spacial score (nSPS) is 35.4. The lowest BCUT2D eigenvalue weighted by Crippen LogP contribution is -2.65. The first-order chi connectivity index (χ1) is 11.8. The van der Waals surface area contributed by atoms with Crippen LogP contribution in [0.5, 0.6) is 0 Å². The Bertz CT molecular complexity index is 696. The quantitative estimate of drug-likeness (QED) is 0.882. The molecule has 4 aliphatic rings. The average molecular weight is 341 g/mol. The van der Waals surface area contributed by atoms with E-state index in [1.807, 2.05) is 43.3 Å². The van der Waals surface area contributed by atoms with Gasteiger partial charge < -0.3 is 16.0 Å². The Balaban J connectivity index is 1.55. The van der Waals surface area contributed by atoms with Crippen LogP contribution in [0.1, 0.15) is 48.9 Å². The Labute approximate surface area is 148 Å². The molecule has 0 radical (unpaired) electrons. The topological polar surface area (TPSA) is 75.4 Å². The molecule has 2 atom stereocenters. The molecule has 0 saturated heterocycles. The van der Waals surface area contributed by atoms with E-state index in [1.165, 1.54) is 6.42 Å². The van der Waals surface area contributed by atoms with Crippen molar-refractivity contribution in [3.63, 3.8) is 0 Å². The van der Waals surface area contributed by atoms with Crippen molar-refractivity contribution in [2.45, 2.75) is 44.1 Å². The fourth-order valence-electron chi connectivity index (χ4n) is 5.92. The molecule has 4 saturated carbocycles. The van der Waals surface area contributed by atoms with Gasteiger partial charge in [0.05, 0.1) is 5.41 Å². The number of nitrogens with one attached hydrogen (secondary N) is 1. The zero-order valence-electron chi connectivity index (χ0n) is 15.0. The summed E-state index contributed by atoms with van der Waals surface area (Å²) in [6.45, 7) is 0. The third-order valence-corrected chi connectivity index (χ3v) is 6.61. The standard InChI is InChI=1S/C20H27N3O2/c1-23(2)16-5-3-15(4-6-16)17(24)22-20-10-13-7-14(11-20)9-19(8-13,12-20)18(21)25/h3-6,13-14H,7-12H2,1-2H3,(H2,21,25)(H,22,24). The summed E-state index contributed by atoms with van der Waals surface area (Å²) in [5.74, 6) is 0.831. The van der Waals surface area contributed by atoms with E-state index in [0.29, 0.717) is 23.8 Å². The second-order valence-electron chi connectivity index (χ2n) is 8.78. The number of primary amides is 1. The lowest BCUT2D eigenvalue weighted by atomic mass is 9.46. The Morgan fingerprint density at radius 1 is 1.08 bits per heavy atom. The molecule has 0 aliphatic heterocycles. The number of benzene rings is 1. The number of carbonyl (C=O) groups is 2. The third-order valence-electron chi connectivity index (χ3n) is 6.61. The van der Waals surface area contributed by atoms with Gasteiger partial charge in [-0.25, -0.2) is 0 Å². The van der Waals surface area contributed by atoms with E-state index < -0.39 is 5.41 Å². The number of anilines is 1. The Kier molecular flexibility index (Phi) is 3.60. The summed E-state index contributed by atoms with van der Waals surface area (Å²) in [6.07, 6.45) is 5.69. The van der Waals surface area contributed by atoms with E-state index >= 15 is 0 Å². The largest absolute Gasteiger partial charge is 0.378 e. The Morgan fingerprint density at radius 2 is 1.68 bits per heavy atom. The Morgan fingerprint density at radius 3 is 2.20 bits per heavy atom. The van der Waals surface area contributed by atoms with Gasteiger partial charge in [-0.15, -0.1) is 0 Å². The number of nitrogens with two attached hydrogens (primary N) is 1. The van der Waals surface area contributed by atoms with Crippen molar-refractivity contribution >= 4 is 17.5 Å². The van der Waals surface area contributed by atoms with Crippen LogP contribution in [0.4, 0.5) is 5.69 Å². The highest BCUT2D eigenvalue weighted by Gasteiger charge is 2.60. The molecule has 5 nitrogen and oxygen atoms in total. The maximum Gasteiger partial charge on any atom is 0.251 e. The molecule has 3 N–H and O–H groups in total. The second-order valence-corrected chi connectivity index (χ2v) is 8.78. The van der Waals surface area contributed by atoms with Crippen molar-refractivity contribution < 1.29 is 9.59 Å². The van der Waals surface area contributed by atoms with E-state index in [0.717, 1.165) is 31.4 Å². The monoisotopic (exact) mass is 341 g/mol. The van der Waals surface area contributed by atoms with Gasteiger partial charge in [-0.1, -0.05) is 0 Å². The maximum absolute atomic E-state index is 12.8. The molecule has 2 unspecified atom stereocenters. The second kappa shape index (κ2) is 5.48. The lowest BCUT2D eigenvalue weighted by molar-refractivity contribution is -0.146. The molecule has 0 heterocycles. The minimum absolute atomic E-state index is 0.0353. The van der Waals surface area contributed by atoms with Gasteiger partial charge in [-0.2, -0.15) is 0 Å². The smallest absolute Gasteiger partial charge is 0.251 e. The summed E-state index contributed by atoms with van der Waals surface area (Å²) in [4.78, 5) is 27.0. The van der Waals surface area contributed by atoms with E-state index in [1.54, 1.807) is 0 Å². The van der Waals surface area contributed by atoms with E-state index in [9.17, 15) is 9.59 Å². The predicted molar refractivity (Wildman–Crippen MR) is 97.3 cm³/mol. The van der Waals surface area contributed by atoms with Crippen molar-refractivity contribution in [3.05, 3.63) is 29.8 Å². The van der Waals surface area contributed by atoms with Crippen molar-refractivity contribution in [1.29, 1.82) is 0 Å². The Hall–Kier alpha value is -2.04. The highest BCUT2D eigenvalue weighted by molar-refractivity contribution is 5.95. The summed E-state index contributed by atoms with van der Waals surface area (Å²) in [7, 11) is 3.96. The van der Waals surface area contributed by atoms with Crippen LogP contribution in [-0.2, 0) is 4.79 Å². The summed E-state index contributed by atoms with van der Waals surface area (Å²) >= 11 is 0. The molecular weight excluding hydrogens is 314 g/mol. The van der Waals surface area contributed by atoms with Gasteiger partial charge in [0, 0.05) is 30.9 Å². The summed E-state index contributed by atoms with van der Waals surface area (Å²) in [5.41, 5.74) is 6.87. The first-order valence-electron chi connectivity index (χ1n) is 9.21. The van der Waals surface area contributed by atoms with Gasteiger partial charge in [-0.05, 0) is 74.6 Å². The van der Waals surface area contributed by atoms with Crippen molar-refractivity contribution in [1.82, 2.24) is 5.32 Å². The highest BCUT2D eigenvalue weighted by Crippen LogP contribution is 2.61. The zero-order valence-corrected chi connectivity index (χ0v) is 15.0. The van der Waals surface area contributed by atoms with Crippen LogP contribution in [0, 0.1) is 17.3 Å². The molecule has 4 fully saturated rings. The van der Waals surface area contributed by atoms with E-state index in [4.69, 9.17) is 5.73 Å². The van der Waals surface area contributed by atoms with Gasteiger partial charge in [0.15, 0.2) is 0 Å². The van der Waals surface area contributed by atoms with Crippen LogP contribution < -0.4 is 16.0 Å². The first kappa shape index (κ1) is 16.4. The van der Waals surface area contributed by atoms with Gasteiger partial charge in [-0.3, -0.25) is 9.59 Å². The molecule has 4 aliphatic carbocycles. The number of carbonyl (C=O) groups excluding carboxylic acids is 2. The van der Waals surface area contributed by atoms with Crippen LogP contribution in [0.3, 0.4) is 0 Å². The number of rotatable bonds is 4. The summed E-state index contributed by atoms with van der Waals surface area (Å²) < 4.78 is 0. The number of hydrogen-bond acceptors (Lipinski definition) is 3. The summed E-state index contributed by atoms with van der Waals surface area (Å²) in [5, 5.41) is 3.31. The van der Waals surface area contributed by atoms with Gasteiger partial charge in [0.1, 0.15) is 0 Å². The lowest BCUT2D eigenvalue weighted by Gasteiger charge is -2.61. The molecule has 2 amide bonds. The van der Waals surface area contributed by atoms with Crippen molar-refractivity contribution in [3.8, 4) is 0 Å². The van der Waals surface area contributed by atoms with Crippen molar-refractivity contribution in [2.24, 2.45) is 23.0 Å². The number of nitrogens with zero attached hydrogens (tertiary/aromatic N) is 1. The molecule has 134 valence electrons. The minimum atomic E-state index is -0.397. The number of amides is 2. The van der Waals surface area contributed by atoms with Crippen LogP contribution in [0.15, 0.2) is 24.3 Å². The van der Waals surface area contributed by atoms with E-state index in [2.05, 4.69) is 5.32 Å². The SMILES string of the molecule is CN(C)c1ccc(C(=O)NC23CC4CC(C2)CC(C(N)=O)(C4)C3)cc1. The molecule has 1 aromatic carbocycles.